The van der Waals surface area contributed by atoms with Crippen LogP contribution in [0.4, 0.5) is 0 Å². The maximum absolute atomic E-state index is 5.36. The maximum atomic E-state index is 5.36. The molecular formula is C123H80N8. The van der Waals surface area contributed by atoms with E-state index in [1.165, 1.54) is 82.4 Å². The zero-order chi connectivity index (χ0) is 87.0. The Morgan fingerprint density at radius 1 is 0.153 bits per heavy atom. The summed E-state index contributed by atoms with van der Waals surface area (Å²) in [6.07, 6.45) is 0. The predicted octanol–water partition coefficient (Wildman–Crippen LogP) is 31.7. The molecule has 4 aromatic heterocycles. The third kappa shape index (κ3) is 14.0. The second-order valence-electron chi connectivity index (χ2n) is 34.3. The van der Waals surface area contributed by atoms with Crippen molar-refractivity contribution in [1.29, 1.82) is 0 Å². The fraction of sp³-hybridized carbons (Fsp3) is 0.0244. The Balaban J connectivity index is 0.000000145. The molecule has 0 atom stereocenters. The second kappa shape index (κ2) is 32.3. The monoisotopic (exact) mass is 1670 g/mol. The summed E-state index contributed by atoms with van der Waals surface area (Å²) in [4.78, 5) is 41.8. The molecule has 25 rings (SSSR count). The SMILES string of the molecule is CC1(C)c2ccccc2-c2ccc(-c3ccc(-c4nc(-c5ccccc5)nc(-c5ccc(-c6ccc7nc(-c8ccccc8)c8cccc(-c9ccccc9)c8c7c6)cc5)n4)cc3)cc21.c1ccc(-c2nc3ccc(-c4ccc(-c5nc(-c6cc7ccccc7c7ccccc67)nc(-c6cc7ccccc7c7ccccc67)n5)cc4)cc3c3c(-c4ccccc4)cccc23)cc1. The van der Waals surface area contributed by atoms with Gasteiger partial charge in [-0.2, -0.15) is 0 Å². The normalized spacial score (nSPS) is 12.1. The number of hydrogen-bond donors (Lipinski definition) is 0. The van der Waals surface area contributed by atoms with Gasteiger partial charge in [0, 0.05) is 82.2 Å². The Morgan fingerprint density at radius 2 is 0.443 bits per heavy atom. The number of pyridine rings is 2. The molecule has 0 amide bonds. The summed E-state index contributed by atoms with van der Waals surface area (Å²) < 4.78 is 0. The molecule has 8 heteroatoms. The van der Waals surface area contributed by atoms with E-state index in [1.807, 2.05) is 30.3 Å². The van der Waals surface area contributed by atoms with E-state index in [4.69, 9.17) is 39.9 Å². The van der Waals surface area contributed by atoms with Crippen LogP contribution in [-0.4, -0.2) is 39.9 Å². The van der Waals surface area contributed by atoms with Crippen LogP contribution in [0.3, 0.4) is 0 Å². The van der Waals surface area contributed by atoms with Crippen LogP contribution in [-0.2, 0) is 5.41 Å². The van der Waals surface area contributed by atoms with E-state index in [2.05, 4.69) is 432 Å². The van der Waals surface area contributed by atoms with Gasteiger partial charge in [0.2, 0.25) is 0 Å². The molecule has 0 fully saturated rings. The van der Waals surface area contributed by atoms with Crippen molar-refractivity contribution in [2.75, 3.05) is 0 Å². The van der Waals surface area contributed by atoms with Gasteiger partial charge in [0.15, 0.2) is 34.9 Å². The van der Waals surface area contributed by atoms with Crippen LogP contribution >= 0.6 is 0 Å². The minimum atomic E-state index is -0.0587. The van der Waals surface area contributed by atoms with Gasteiger partial charge in [0.1, 0.15) is 0 Å². The Morgan fingerprint density at radius 3 is 0.870 bits per heavy atom. The fourth-order valence-electron chi connectivity index (χ4n) is 19.7. The number of benzene rings is 20. The summed E-state index contributed by atoms with van der Waals surface area (Å²) in [5.41, 5.74) is 28.5. The first-order chi connectivity index (χ1) is 64.7. The van der Waals surface area contributed by atoms with E-state index >= 15 is 0 Å². The quantitative estimate of drug-likeness (QED) is 0.105. The van der Waals surface area contributed by atoms with E-state index in [0.717, 1.165) is 138 Å². The van der Waals surface area contributed by atoms with Gasteiger partial charge in [-0.05, 0) is 163 Å². The lowest BCUT2D eigenvalue weighted by molar-refractivity contribution is 0.660. The average Bonchev–Trinajstić information content (AvgIpc) is 1.65. The molecule has 131 heavy (non-hydrogen) atoms. The van der Waals surface area contributed by atoms with Crippen molar-refractivity contribution in [2.24, 2.45) is 0 Å². The molecular weight excluding hydrogens is 1590 g/mol. The van der Waals surface area contributed by atoms with Crippen LogP contribution in [0.5, 0.6) is 0 Å². The molecule has 0 unspecified atom stereocenters. The Hall–Kier alpha value is -17.2. The van der Waals surface area contributed by atoms with Crippen LogP contribution in [0.15, 0.2) is 449 Å². The van der Waals surface area contributed by atoms with Crippen molar-refractivity contribution < 1.29 is 0 Å². The van der Waals surface area contributed by atoms with Crippen LogP contribution < -0.4 is 0 Å². The molecule has 0 aliphatic heterocycles. The van der Waals surface area contributed by atoms with E-state index in [1.54, 1.807) is 0 Å². The second-order valence-corrected chi connectivity index (χ2v) is 34.3. The van der Waals surface area contributed by atoms with Gasteiger partial charge in [-0.1, -0.05) is 420 Å². The Kier molecular flexibility index (Phi) is 19.1. The molecule has 0 saturated heterocycles. The van der Waals surface area contributed by atoms with Gasteiger partial charge in [-0.15, -0.1) is 0 Å². The molecule has 1 aliphatic rings. The Bertz CT molecular complexity index is 8490. The lowest BCUT2D eigenvalue weighted by Crippen LogP contribution is -2.14. The standard InChI is InChI=1S/C62H38N4.C61H42N4/c1-3-16-40(17-4-1)48-28-15-29-53-58(48)56-36-43(34-35-57(56)63-59(53)41-18-5-2-6-19-41)39-30-32-42(33-31-39)60-64-61(54-37-44-20-7-9-22-46(44)49-24-11-13-26-51(49)54)66-62(65-60)55-38-45-21-8-10-23-47(45)50-25-12-14-27-52(50)55;1-61(2)53-24-13-12-21-49(53)50-35-33-47(38-54(50)61)40-27-31-45(32-28-40)60-64-58(43-19-10-5-11-20-43)63-59(65-60)44-29-25-39(26-30-44)46-34-36-55-52(37-46)56-48(41-15-6-3-7-16-41)22-14-23-51(56)57(62-55)42-17-8-4-9-18-42/h1-38H;3-38H,1-2H3. The number of nitrogens with zero attached hydrogens (tertiary/aromatic N) is 8. The first kappa shape index (κ1) is 77.4. The highest BCUT2D eigenvalue weighted by atomic mass is 15.0. The highest BCUT2D eigenvalue weighted by Gasteiger charge is 2.36. The molecule has 612 valence electrons. The minimum Gasteiger partial charge on any atom is -0.247 e. The van der Waals surface area contributed by atoms with E-state index in [9.17, 15) is 0 Å². The molecule has 0 bridgehead atoms. The zero-order valence-electron chi connectivity index (χ0n) is 71.8. The summed E-state index contributed by atoms with van der Waals surface area (Å²) in [6, 6.07) is 159. The summed E-state index contributed by atoms with van der Waals surface area (Å²) in [6.45, 7) is 4.65. The van der Waals surface area contributed by atoms with Crippen LogP contribution in [0, 0.1) is 0 Å². The largest absolute Gasteiger partial charge is 0.247 e. The summed E-state index contributed by atoms with van der Waals surface area (Å²) in [5.74, 6) is 3.78. The first-order valence-electron chi connectivity index (χ1n) is 44.6. The lowest BCUT2D eigenvalue weighted by atomic mass is 9.81. The van der Waals surface area contributed by atoms with Crippen molar-refractivity contribution in [1.82, 2.24) is 39.9 Å². The van der Waals surface area contributed by atoms with Gasteiger partial charge in [0.05, 0.1) is 22.4 Å². The highest BCUT2D eigenvalue weighted by Crippen LogP contribution is 2.51. The van der Waals surface area contributed by atoms with Crippen molar-refractivity contribution in [3.05, 3.63) is 460 Å². The molecule has 1 aliphatic carbocycles. The van der Waals surface area contributed by atoms with E-state index in [-0.39, 0.29) is 5.41 Å². The molecule has 0 spiro atoms. The topological polar surface area (TPSA) is 103 Å². The lowest BCUT2D eigenvalue weighted by Gasteiger charge is -2.22. The van der Waals surface area contributed by atoms with Gasteiger partial charge >= 0.3 is 0 Å². The van der Waals surface area contributed by atoms with Crippen LogP contribution in [0.25, 0.3) is 244 Å². The fourth-order valence-corrected chi connectivity index (χ4v) is 19.7. The highest BCUT2D eigenvalue weighted by molar-refractivity contribution is 6.20. The van der Waals surface area contributed by atoms with Gasteiger partial charge < -0.3 is 0 Å². The van der Waals surface area contributed by atoms with Gasteiger partial charge in [-0.25, -0.2) is 39.9 Å². The molecule has 8 nitrogen and oxygen atoms in total. The van der Waals surface area contributed by atoms with E-state index < -0.39 is 0 Å². The van der Waals surface area contributed by atoms with E-state index in [0.29, 0.717) is 34.9 Å². The van der Waals surface area contributed by atoms with Crippen LogP contribution in [0.1, 0.15) is 25.0 Å². The summed E-state index contributed by atoms with van der Waals surface area (Å²) in [5, 5.41) is 16.1. The maximum Gasteiger partial charge on any atom is 0.164 e. The minimum absolute atomic E-state index is 0.0587. The number of hydrogen-bond acceptors (Lipinski definition) is 8. The number of fused-ring (bicyclic) bond motifs is 15. The molecule has 0 N–H and O–H groups in total. The van der Waals surface area contributed by atoms with Crippen molar-refractivity contribution >= 4 is 86.4 Å². The van der Waals surface area contributed by atoms with Gasteiger partial charge in [-0.3, -0.25) is 0 Å². The zero-order valence-corrected chi connectivity index (χ0v) is 71.8. The summed E-state index contributed by atoms with van der Waals surface area (Å²) >= 11 is 0. The van der Waals surface area contributed by atoms with Crippen molar-refractivity contribution in [2.45, 2.75) is 19.3 Å². The van der Waals surface area contributed by atoms with Crippen molar-refractivity contribution in [3.63, 3.8) is 0 Å². The molecule has 4 heterocycles. The van der Waals surface area contributed by atoms with Crippen LogP contribution in [0.2, 0.25) is 0 Å². The molecule has 20 aromatic carbocycles. The predicted molar refractivity (Wildman–Crippen MR) is 544 cm³/mol. The summed E-state index contributed by atoms with van der Waals surface area (Å²) in [7, 11) is 0. The third-order valence-corrected chi connectivity index (χ3v) is 26.2. The smallest absolute Gasteiger partial charge is 0.164 e. The Labute approximate surface area is 758 Å². The number of aromatic nitrogens is 8. The number of rotatable bonds is 13. The van der Waals surface area contributed by atoms with Gasteiger partial charge in [0.25, 0.3) is 0 Å². The van der Waals surface area contributed by atoms with Crippen molar-refractivity contribution in [3.8, 4) is 158 Å². The third-order valence-electron chi connectivity index (χ3n) is 26.2. The average molecular weight is 1670 g/mol. The molecule has 0 radical (unpaired) electrons. The molecule has 24 aromatic rings. The molecule has 0 saturated carbocycles. The first-order valence-corrected chi connectivity index (χ1v) is 44.6.